The van der Waals surface area contributed by atoms with Crippen LogP contribution in [0.1, 0.15) is 5.56 Å². The van der Waals surface area contributed by atoms with Crippen LogP contribution in [0.5, 0.6) is 0 Å². The van der Waals surface area contributed by atoms with E-state index in [2.05, 4.69) is 238 Å². The van der Waals surface area contributed by atoms with Gasteiger partial charge in [-0.2, -0.15) is 0 Å². The van der Waals surface area contributed by atoms with E-state index < -0.39 is 0 Å². The summed E-state index contributed by atoms with van der Waals surface area (Å²) in [5.74, 6) is 0. The van der Waals surface area contributed by atoms with Gasteiger partial charge < -0.3 is 18.6 Å². The topological polar surface area (TPSA) is 18.0 Å². The monoisotopic (exact) mass is 754 g/mol. The lowest BCUT2D eigenvalue weighted by Gasteiger charge is -2.26. The Morgan fingerprint density at radius 3 is 1.14 bits per heavy atom. The average Bonchev–Trinajstić information content (AvgIpc) is 3.93. The van der Waals surface area contributed by atoms with Crippen LogP contribution in [0, 0.1) is 6.92 Å². The van der Waals surface area contributed by atoms with E-state index in [0.29, 0.717) is 0 Å². The van der Waals surface area contributed by atoms with Crippen LogP contribution in [0.2, 0.25) is 0 Å². The molecule has 0 amide bonds. The van der Waals surface area contributed by atoms with E-state index in [1.807, 2.05) is 0 Å². The minimum atomic E-state index is 1.10. The maximum Gasteiger partial charge on any atom is 0.0542 e. The zero-order valence-electron chi connectivity index (χ0n) is 32.5. The van der Waals surface area contributed by atoms with Crippen molar-refractivity contribution in [2.75, 3.05) is 4.90 Å². The number of benzene rings is 9. The quantitative estimate of drug-likeness (QED) is 0.165. The number of rotatable bonds is 6. The molecule has 3 aromatic heterocycles. The molecule has 0 N–H and O–H groups in total. The predicted octanol–water partition coefficient (Wildman–Crippen LogP) is 14.8. The minimum Gasteiger partial charge on any atom is -0.310 e. The van der Waals surface area contributed by atoms with Gasteiger partial charge in [-0.1, -0.05) is 109 Å². The van der Waals surface area contributed by atoms with Crippen molar-refractivity contribution >= 4 is 82.5 Å². The molecular weight excluding hydrogens is 717 g/mol. The number of hydrogen-bond donors (Lipinski definition) is 0. The van der Waals surface area contributed by atoms with Crippen molar-refractivity contribution in [1.29, 1.82) is 0 Å². The Hall–Kier alpha value is -7.82. The molecule has 3 heterocycles. The Bertz CT molecular complexity index is 3500. The van der Waals surface area contributed by atoms with Gasteiger partial charge in [0, 0.05) is 66.4 Å². The molecule has 0 saturated heterocycles. The van der Waals surface area contributed by atoms with Crippen LogP contribution in [0.25, 0.3) is 82.5 Å². The number of aromatic nitrogens is 3. The van der Waals surface area contributed by atoms with E-state index in [4.69, 9.17) is 0 Å². The second kappa shape index (κ2) is 13.1. The van der Waals surface area contributed by atoms with Crippen LogP contribution in [-0.2, 0) is 0 Å². The van der Waals surface area contributed by atoms with Gasteiger partial charge in [0.05, 0.1) is 33.1 Å². The van der Waals surface area contributed by atoms with Gasteiger partial charge in [0.2, 0.25) is 0 Å². The first-order valence-electron chi connectivity index (χ1n) is 20.3. The van der Waals surface area contributed by atoms with Crippen LogP contribution in [-0.4, -0.2) is 13.7 Å². The van der Waals surface area contributed by atoms with Crippen molar-refractivity contribution in [2.24, 2.45) is 0 Å². The summed E-state index contributed by atoms with van der Waals surface area (Å²) in [6.07, 6.45) is 0. The van der Waals surface area contributed by atoms with Gasteiger partial charge in [-0.25, -0.2) is 0 Å². The summed E-state index contributed by atoms with van der Waals surface area (Å²) in [4.78, 5) is 2.41. The molecule has 0 radical (unpaired) electrons. The van der Waals surface area contributed by atoms with E-state index in [9.17, 15) is 0 Å². The number of para-hydroxylation sites is 5. The molecule has 0 aliphatic carbocycles. The second-order valence-electron chi connectivity index (χ2n) is 15.5. The molecule has 0 unspecified atom stereocenters. The van der Waals surface area contributed by atoms with Gasteiger partial charge in [-0.15, -0.1) is 0 Å². The van der Waals surface area contributed by atoms with E-state index >= 15 is 0 Å². The fourth-order valence-corrected chi connectivity index (χ4v) is 9.43. The lowest BCUT2D eigenvalue weighted by atomic mass is 10.1. The van der Waals surface area contributed by atoms with E-state index in [1.165, 1.54) is 71.0 Å². The second-order valence-corrected chi connectivity index (χ2v) is 15.5. The molecule has 12 rings (SSSR count). The van der Waals surface area contributed by atoms with Gasteiger partial charge in [0.15, 0.2) is 0 Å². The zero-order chi connectivity index (χ0) is 39.0. The maximum atomic E-state index is 2.42. The largest absolute Gasteiger partial charge is 0.310 e. The highest BCUT2D eigenvalue weighted by atomic mass is 15.1. The third kappa shape index (κ3) is 5.16. The van der Waals surface area contributed by atoms with Crippen molar-refractivity contribution in [3.05, 3.63) is 218 Å². The number of fused-ring (bicyclic) bond motifs is 9. The summed E-state index contributed by atoms with van der Waals surface area (Å²) < 4.78 is 7.20. The highest BCUT2D eigenvalue weighted by Crippen LogP contribution is 2.43. The van der Waals surface area contributed by atoms with Gasteiger partial charge in [0.25, 0.3) is 0 Å². The molecule has 278 valence electrons. The summed E-state index contributed by atoms with van der Waals surface area (Å²) in [5, 5.41) is 7.37. The highest BCUT2D eigenvalue weighted by Gasteiger charge is 2.21. The Balaban J connectivity index is 1.11. The zero-order valence-corrected chi connectivity index (χ0v) is 32.5. The Kier molecular flexibility index (Phi) is 7.41. The van der Waals surface area contributed by atoms with E-state index in [0.717, 1.165) is 34.1 Å². The molecule has 12 aromatic rings. The Morgan fingerprint density at radius 2 is 0.627 bits per heavy atom. The van der Waals surface area contributed by atoms with Crippen molar-refractivity contribution in [2.45, 2.75) is 6.92 Å². The average molecular weight is 755 g/mol. The summed E-state index contributed by atoms with van der Waals surface area (Å²) in [5.41, 5.74) is 15.1. The molecule has 59 heavy (non-hydrogen) atoms. The third-order valence-electron chi connectivity index (χ3n) is 12.1. The van der Waals surface area contributed by atoms with E-state index in [1.54, 1.807) is 0 Å². The maximum absolute atomic E-state index is 2.42. The van der Waals surface area contributed by atoms with Gasteiger partial charge in [-0.05, 0) is 116 Å². The first-order chi connectivity index (χ1) is 29.2. The first-order valence-corrected chi connectivity index (χ1v) is 20.3. The molecule has 0 saturated carbocycles. The van der Waals surface area contributed by atoms with Crippen molar-refractivity contribution in [1.82, 2.24) is 13.7 Å². The number of nitrogens with zero attached hydrogens (tertiary/aromatic N) is 4. The lowest BCUT2D eigenvalue weighted by Crippen LogP contribution is -2.10. The lowest BCUT2D eigenvalue weighted by molar-refractivity contribution is 1.16. The first kappa shape index (κ1) is 33.3. The smallest absolute Gasteiger partial charge is 0.0542 e. The molecule has 9 aromatic carbocycles. The molecular formula is C55H38N4. The summed E-state index contributed by atoms with van der Waals surface area (Å²) >= 11 is 0. The predicted molar refractivity (Wildman–Crippen MR) is 249 cm³/mol. The van der Waals surface area contributed by atoms with E-state index in [-0.39, 0.29) is 0 Å². The SMILES string of the molecule is Cc1ccc(N(c2ccc3c(c2)c2ccccc2n3-c2ccccc2)c2ccc3c(c2)c2cc(-n4c5ccccc5c5ccccc54)ccc2n3-c2ccccc2)cc1. The minimum absolute atomic E-state index is 1.10. The molecule has 0 bridgehead atoms. The summed E-state index contributed by atoms with van der Waals surface area (Å²) in [6, 6.07) is 77.4. The van der Waals surface area contributed by atoms with Crippen LogP contribution in [0.15, 0.2) is 212 Å². The van der Waals surface area contributed by atoms with Crippen LogP contribution in [0.4, 0.5) is 17.1 Å². The molecule has 0 aliphatic rings. The molecule has 0 atom stereocenters. The summed E-state index contributed by atoms with van der Waals surface area (Å²) in [6.45, 7) is 2.15. The number of anilines is 3. The van der Waals surface area contributed by atoms with Crippen molar-refractivity contribution in [3.8, 4) is 17.1 Å². The standard InChI is InChI=1S/C55H38N4/c1-37-24-26-40(27-25-37)56(41-28-31-53-47(34-41)46-20-10-13-23-52(46)57(53)38-14-4-2-5-15-38)42-29-32-54-48(35-42)49-36-43(30-33-55(49)58(54)39-16-6-3-7-17-39)59-50-21-11-8-18-44(50)45-19-9-12-22-51(45)59/h2-36H,1H3. The van der Waals surface area contributed by atoms with Crippen LogP contribution >= 0.6 is 0 Å². The highest BCUT2D eigenvalue weighted by molar-refractivity contribution is 6.14. The normalized spacial score (nSPS) is 11.8. The van der Waals surface area contributed by atoms with Gasteiger partial charge >= 0.3 is 0 Å². The van der Waals surface area contributed by atoms with Gasteiger partial charge in [0.1, 0.15) is 0 Å². The molecule has 4 heteroatoms. The van der Waals surface area contributed by atoms with Crippen molar-refractivity contribution < 1.29 is 0 Å². The van der Waals surface area contributed by atoms with Crippen LogP contribution in [0.3, 0.4) is 0 Å². The fraction of sp³-hybridized carbons (Fsp3) is 0.0182. The Morgan fingerprint density at radius 1 is 0.271 bits per heavy atom. The molecule has 0 spiro atoms. The van der Waals surface area contributed by atoms with Gasteiger partial charge in [-0.3, -0.25) is 0 Å². The Labute approximate surface area is 341 Å². The van der Waals surface area contributed by atoms with Crippen LogP contribution < -0.4 is 4.90 Å². The molecule has 0 aliphatic heterocycles. The third-order valence-corrected chi connectivity index (χ3v) is 12.1. The fourth-order valence-electron chi connectivity index (χ4n) is 9.43. The number of aryl methyl sites for hydroxylation is 1. The number of hydrogen-bond acceptors (Lipinski definition) is 1. The molecule has 0 fully saturated rings. The summed E-state index contributed by atoms with van der Waals surface area (Å²) in [7, 11) is 0. The molecule has 4 nitrogen and oxygen atoms in total. The van der Waals surface area contributed by atoms with Crippen molar-refractivity contribution in [3.63, 3.8) is 0 Å².